The molecule has 0 saturated heterocycles. The fourth-order valence-electron chi connectivity index (χ4n) is 3.53. The van der Waals surface area contributed by atoms with E-state index in [0.717, 1.165) is 33.5 Å². The highest BCUT2D eigenvalue weighted by molar-refractivity contribution is 7.99. The molecular formula is C22H22ClN4O2S+. The van der Waals surface area contributed by atoms with Gasteiger partial charge in [0.1, 0.15) is 5.69 Å². The number of thioether (sulfide) groups is 1. The molecule has 154 valence electrons. The number of nitrogens with one attached hydrogen (secondary N) is 1. The van der Waals surface area contributed by atoms with Crippen molar-refractivity contribution in [1.82, 2.24) is 15.2 Å². The molecule has 4 aromatic rings. The number of hydrogen-bond donors (Lipinski definition) is 1. The van der Waals surface area contributed by atoms with Crippen molar-refractivity contribution in [2.24, 2.45) is 0 Å². The van der Waals surface area contributed by atoms with E-state index in [1.54, 1.807) is 26.0 Å². The van der Waals surface area contributed by atoms with Gasteiger partial charge < -0.3 is 9.47 Å². The fraction of sp³-hybridized carbons (Fsp3) is 0.227. The van der Waals surface area contributed by atoms with E-state index < -0.39 is 0 Å². The number of H-pyrrole nitrogens is 1. The SMILES string of the molecule is CCSc1n[nH]c(-[n+]2c(C)cc3cc(OC)c(OC)cc3c2-c2ccccc2Cl)n1. The summed E-state index contributed by atoms with van der Waals surface area (Å²) in [6.07, 6.45) is 0. The highest BCUT2D eigenvalue weighted by Crippen LogP contribution is 2.38. The van der Waals surface area contributed by atoms with Gasteiger partial charge in [-0.15, -0.1) is 5.10 Å². The quantitative estimate of drug-likeness (QED) is 0.337. The average molecular weight is 442 g/mol. The van der Waals surface area contributed by atoms with Gasteiger partial charge in [-0.05, 0) is 53.4 Å². The lowest BCUT2D eigenvalue weighted by atomic mass is 10.0. The fourth-order valence-corrected chi connectivity index (χ4v) is 4.27. The molecule has 30 heavy (non-hydrogen) atoms. The number of benzene rings is 2. The van der Waals surface area contributed by atoms with Gasteiger partial charge in [0.2, 0.25) is 0 Å². The van der Waals surface area contributed by atoms with Gasteiger partial charge in [-0.3, -0.25) is 0 Å². The molecule has 0 spiro atoms. The lowest BCUT2D eigenvalue weighted by Gasteiger charge is -2.16. The Morgan fingerprint density at radius 2 is 1.83 bits per heavy atom. The van der Waals surface area contributed by atoms with Crippen LogP contribution in [0.2, 0.25) is 5.02 Å². The molecule has 0 atom stereocenters. The van der Waals surface area contributed by atoms with E-state index in [4.69, 9.17) is 26.1 Å². The van der Waals surface area contributed by atoms with Crippen LogP contribution >= 0.6 is 23.4 Å². The Bertz CT molecular complexity index is 1230. The number of aryl methyl sites for hydroxylation is 1. The van der Waals surface area contributed by atoms with Gasteiger partial charge in [0.15, 0.2) is 11.5 Å². The van der Waals surface area contributed by atoms with Crippen LogP contribution in [-0.4, -0.2) is 35.2 Å². The predicted molar refractivity (Wildman–Crippen MR) is 120 cm³/mol. The first kappa shape index (κ1) is 20.5. The summed E-state index contributed by atoms with van der Waals surface area (Å²) in [5.41, 5.74) is 2.77. The van der Waals surface area contributed by atoms with E-state index in [2.05, 4.69) is 23.2 Å². The normalized spacial score (nSPS) is 11.1. The van der Waals surface area contributed by atoms with Gasteiger partial charge in [0.25, 0.3) is 5.16 Å². The van der Waals surface area contributed by atoms with Crippen molar-refractivity contribution in [3.8, 4) is 28.7 Å². The van der Waals surface area contributed by atoms with Crippen molar-refractivity contribution in [3.05, 3.63) is 53.2 Å². The molecule has 0 aliphatic heterocycles. The Labute approximate surface area is 184 Å². The lowest BCUT2D eigenvalue weighted by molar-refractivity contribution is -0.597. The van der Waals surface area contributed by atoms with Crippen molar-refractivity contribution >= 4 is 34.1 Å². The molecule has 0 saturated carbocycles. The first-order chi connectivity index (χ1) is 14.6. The molecule has 0 unspecified atom stereocenters. The van der Waals surface area contributed by atoms with Crippen LogP contribution < -0.4 is 14.0 Å². The van der Waals surface area contributed by atoms with Gasteiger partial charge in [0, 0.05) is 10.9 Å². The van der Waals surface area contributed by atoms with E-state index in [0.29, 0.717) is 27.6 Å². The first-order valence-electron chi connectivity index (χ1n) is 9.49. The van der Waals surface area contributed by atoms with Crippen molar-refractivity contribution in [1.29, 1.82) is 0 Å². The van der Waals surface area contributed by atoms with Crippen LogP contribution in [0, 0.1) is 6.92 Å². The highest BCUT2D eigenvalue weighted by atomic mass is 35.5. The van der Waals surface area contributed by atoms with Gasteiger partial charge in [-0.1, -0.05) is 47.5 Å². The van der Waals surface area contributed by atoms with Gasteiger partial charge in [-0.2, -0.15) is 4.57 Å². The maximum absolute atomic E-state index is 6.64. The number of hydrogen-bond acceptors (Lipinski definition) is 5. The van der Waals surface area contributed by atoms with Gasteiger partial charge in [-0.25, -0.2) is 0 Å². The van der Waals surface area contributed by atoms with Gasteiger partial charge in [0.05, 0.1) is 24.9 Å². The topological polar surface area (TPSA) is 63.9 Å². The Morgan fingerprint density at radius 3 is 2.53 bits per heavy atom. The van der Waals surface area contributed by atoms with Crippen LogP contribution in [0.5, 0.6) is 11.5 Å². The lowest BCUT2D eigenvalue weighted by Crippen LogP contribution is -2.38. The second-order valence-corrected chi connectivity index (χ2v) is 8.26. The maximum Gasteiger partial charge on any atom is 0.423 e. The summed E-state index contributed by atoms with van der Waals surface area (Å²) >= 11 is 8.23. The third-order valence-corrected chi connectivity index (χ3v) is 5.88. The summed E-state index contributed by atoms with van der Waals surface area (Å²) in [4.78, 5) is 4.69. The van der Waals surface area contributed by atoms with Crippen LogP contribution in [0.15, 0.2) is 47.6 Å². The number of aromatic nitrogens is 4. The van der Waals surface area contributed by atoms with Crippen LogP contribution in [0.1, 0.15) is 12.6 Å². The van der Waals surface area contributed by atoms with E-state index in [-0.39, 0.29) is 0 Å². The van der Waals surface area contributed by atoms with E-state index in [9.17, 15) is 0 Å². The van der Waals surface area contributed by atoms with Crippen LogP contribution in [-0.2, 0) is 0 Å². The number of ether oxygens (including phenoxy) is 2. The summed E-state index contributed by atoms with van der Waals surface area (Å²) in [7, 11) is 3.27. The number of rotatable bonds is 6. The number of fused-ring (bicyclic) bond motifs is 1. The molecule has 1 N–H and O–H groups in total. The highest BCUT2D eigenvalue weighted by Gasteiger charge is 2.25. The Hall–Kier alpha value is -2.77. The number of aromatic amines is 1. The molecule has 2 aromatic heterocycles. The molecule has 0 aliphatic carbocycles. The third-order valence-electron chi connectivity index (χ3n) is 4.82. The summed E-state index contributed by atoms with van der Waals surface area (Å²) in [5, 5.41) is 10.8. The van der Waals surface area contributed by atoms with E-state index in [1.807, 2.05) is 47.9 Å². The molecule has 0 radical (unpaired) electrons. The minimum Gasteiger partial charge on any atom is -0.493 e. The number of halogens is 1. The van der Waals surface area contributed by atoms with Crippen LogP contribution in [0.3, 0.4) is 0 Å². The standard InChI is InChI=1S/C22H22ClN4O2S/c1-5-30-22-24-21(25-26-22)27-13(2)10-14-11-18(28-3)19(29-4)12-16(14)20(27)15-8-6-7-9-17(15)23/h6-12H,5H2,1-4H3,(H,24,25,26)/q+1. The molecular weight excluding hydrogens is 420 g/mol. The molecule has 6 nitrogen and oxygen atoms in total. The minimum absolute atomic E-state index is 0.634. The summed E-state index contributed by atoms with van der Waals surface area (Å²) in [6.45, 7) is 4.11. The smallest absolute Gasteiger partial charge is 0.423 e. The average Bonchev–Trinajstić information content (AvgIpc) is 3.20. The number of pyridine rings is 1. The largest absolute Gasteiger partial charge is 0.493 e. The molecule has 4 rings (SSSR count). The predicted octanol–water partition coefficient (Wildman–Crippen LogP) is 4.99. The summed E-state index contributed by atoms with van der Waals surface area (Å²) < 4.78 is 13.1. The molecule has 0 amide bonds. The first-order valence-corrected chi connectivity index (χ1v) is 10.9. The summed E-state index contributed by atoms with van der Waals surface area (Å²) in [6, 6.07) is 13.8. The molecule has 2 aromatic carbocycles. The maximum atomic E-state index is 6.64. The monoisotopic (exact) mass is 441 g/mol. The van der Waals surface area contributed by atoms with Crippen LogP contribution in [0.25, 0.3) is 28.0 Å². The minimum atomic E-state index is 0.634. The Kier molecular flexibility index (Phi) is 5.83. The van der Waals surface area contributed by atoms with Gasteiger partial charge >= 0.3 is 5.95 Å². The summed E-state index contributed by atoms with van der Waals surface area (Å²) in [5.74, 6) is 2.85. The zero-order valence-corrected chi connectivity index (χ0v) is 18.8. The van der Waals surface area contributed by atoms with E-state index >= 15 is 0 Å². The second kappa shape index (κ2) is 8.53. The van der Waals surface area contributed by atoms with E-state index in [1.165, 1.54) is 0 Å². The number of nitrogens with zero attached hydrogens (tertiary/aromatic N) is 3. The molecule has 0 fully saturated rings. The van der Waals surface area contributed by atoms with Crippen LogP contribution in [0.4, 0.5) is 0 Å². The third kappa shape index (κ3) is 3.59. The number of methoxy groups -OCH3 is 2. The zero-order chi connectivity index (χ0) is 21.3. The molecule has 2 heterocycles. The van der Waals surface area contributed by atoms with Crippen molar-refractivity contribution in [2.75, 3.05) is 20.0 Å². The van der Waals surface area contributed by atoms with Crippen molar-refractivity contribution < 1.29 is 14.0 Å². The zero-order valence-electron chi connectivity index (χ0n) is 17.2. The Balaban J connectivity index is 2.11. The van der Waals surface area contributed by atoms with Crippen molar-refractivity contribution in [2.45, 2.75) is 19.0 Å². The molecule has 0 bridgehead atoms. The molecule has 0 aliphatic rings. The van der Waals surface area contributed by atoms with Crippen molar-refractivity contribution in [3.63, 3.8) is 0 Å². The molecule has 8 heteroatoms. The second-order valence-electron chi connectivity index (χ2n) is 6.62. The Morgan fingerprint density at radius 1 is 1.10 bits per heavy atom.